The van der Waals surface area contributed by atoms with Crippen LogP contribution in [0.5, 0.6) is 0 Å². The average molecular weight is 780 g/mol. The van der Waals surface area contributed by atoms with Gasteiger partial charge in [0.1, 0.15) is 0 Å². The highest BCUT2D eigenvalue weighted by molar-refractivity contribution is 6.21. The number of nitrogens with zero attached hydrogens (tertiary/aromatic N) is 1. The molecular weight excluding hydrogens is 735 g/mol. The van der Waals surface area contributed by atoms with E-state index in [0.717, 1.165) is 5.69 Å². The maximum Gasteiger partial charge on any atom is 0.0541 e. The summed E-state index contributed by atoms with van der Waals surface area (Å²) in [6, 6.07) is 78.3. The number of hydrogen-bond donors (Lipinski definition) is 0. The van der Waals surface area contributed by atoms with Crippen LogP contribution in [0, 0.1) is 6.92 Å². The number of aromatic nitrogens is 1. The monoisotopic (exact) mass is 779 g/mol. The van der Waals surface area contributed by atoms with E-state index in [1.807, 2.05) is 0 Å². The Kier molecular flexibility index (Phi) is 8.98. The van der Waals surface area contributed by atoms with Crippen molar-refractivity contribution in [1.29, 1.82) is 0 Å². The van der Waals surface area contributed by atoms with Crippen LogP contribution in [0.1, 0.15) is 30.9 Å². The number of hydrogen-bond acceptors (Lipinski definition) is 0. The van der Waals surface area contributed by atoms with Crippen molar-refractivity contribution in [3.05, 3.63) is 223 Å². The maximum absolute atomic E-state index is 2.42. The fourth-order valence-electron chi connectivity index (χ4n) is 9.83. The number of para-hydroxylation sites is 1. The number of fused-ring (bicyclic) bond motifs is 5. The van der Waals surface area contributed by atoms with E-state index in [2.05, 4.69) is 238 Å². The van der Waals surface area contributed by atoms with Crippen LogP contribution in [0.4, 0.5) is 0 Å². The van der Waals surface area contributed by atoms with Crippen LogP contribution in [-0.2, 0) is 0 Å². The van der Waals surface area contributed by atoms with E-state index < -0.39 is 0 Å². The first kappa shape index (κ1) is 36.6. The molecule has 61 heavy (non-hydrogen) atoms. The third kappa shape index (κ3) is 6.24. The number of aryl methyl sites for hydroxylation is 1. The lowest BCUT2D eigenvalue weighted by atomic mass is 9.84. The molecular formula is C60H45N. The molecule has 0 aliphatic carbocycles. The Morgan fingerprint density at radius 3 is 1.51 bits per heavy atom. The Hall–Kier alpha value is -7.48. The lowest BCUT2D eigenvalue weighted by Crippen LogP contribution is -1.95. The minimum atomic E-state index is 0.453. The smallest absolute Gasteiger partial charge is 0.0541 e. The largest absolute Gasteiger partial charge is 0.309 e. The second-order valence-corrected chi connectivity index (χ2v) is 16.7. The summed E-state index contributed by atoms with van der Waals surface area (Å²) < 4.78 is 2.42. The lowest BCUT2D eigenvalue weighted by molar-refractivity contribution is 0.869. The Bertz CT molecular complexity index is 3380. The van der Waals surface area contributed by atoms with E-state index >= 15 is 0 Å². The van der Waals surface area contributed by atoms with Crippen molar-refractivity contribution in [3.63, 3.8) is 0 Å². The van der Waals surface area contributed by atoms with E-state index in [1.54, 1.807) is 0 Å². The van der Waals surface area contributed by atoms with Gasteiger partial charge in [0, 0.05) is 16.5 Å². The molecule has 0 spiro atoms. The molecule has 0 unspecified atom stereocenters. The molecule has 10 aromatic carbocycles. The molecule has 0 saturated carbocycles. The summed E-state index contributed by atoms with van der Waals surface area (Å²) in [5, 5.41) is 7.56. The van der Waals surface area contributed by atoms with E-state index in [-0.39, 0.29) is 0 Å². The Morgan fingerprint density at radius 2 is 0.836 bits per heavy atom. The van der Waals surface area contributed by atoms with E-state index in [4.69, 9.17) is 0 Å². The van der Waals surface area contributed by atoms with Gasteiger partial charge >= 0.3 is 0 Å². The molecule has 0 aliphatic heterocycles. The van der Waals surface area contributed by atoms with Crippen molar-refractivity contribution < 1.29 is 0 Å². The first-order valence-electron chi connectivity index (χ1n) is 21.5. The van der Waals surface area contributed by atoms with Gasteiger partial charge < -0.3 is 4.57 Å². The standard InChI is InChI=1S/C60H45N/c1-39(2)48-20-7-8-21-50(48)49-34-30-46(36-40(49)3)60-54-25-11-9-23-52(54)59(53-24-10-12-26-55(53)60)42-28-32-47(33-29-42)61-57-27-14-13-22-51(57)56-38-45(31-35-58(56)61)44-19-15-18-43(37-44)41-16-5-4-6-17-41/h4-39H,1-3H3. The molecule has 0 saturated heterocycles. The molecule has 0 bridgehead atoms. The normalized spacial score (nSPS) is 11.7. The molecule has 1 heterocycles. The van der Waals surface area contributed by atoms with Gasteiger partial charge in [-0.2, -0.15) is 0 Å². The van der Waals surface area contributed by atoms with E-state index in [0.29, 0.717) is 5.92 Å². The summed E-state index contributed by atoms with van der Waals surface area (Å²) in [6.45, 7) is 6.82. The molecule has 0 N–H and O–H groups in total. The van der Waals surface area contributed by atoms with Crippen LogP contribution in [0.15, 0.2) is 212 Å². The molecule has 0 radical (unpaired) electrons. The predicted octanol–water partition coefficient (Wildman–Crippen LogP) is 16.9. The summed E-state index contributed by atoms with van der Waals surface area (Å²) in [7, 11) is 0. The number of rotatable bonds is 7. The molecule has 0 fully saturated rings. The summed E-state index contributed by atoms with van der Waals surface area (Å²) in [5.74, 6) is 0.453. The van der Waals surface area contributed by atoms with Gasteiger partial charge in [-0.25, -0.2) is 0 Å². The van der Waals surface area contributed by atoms with Gasteiger partial charge in [-0.3, -0.25) is 0 Å². The van der Waals surface area contributed by atoms with Gasteiger partial charge in [-0.1, -0.05) is 190 Å². The Labute approximate surface area is 357 Å². The molecule has 0 aliphatic rings. The fourth-order valence-corrected chi connectivity index (χ4v) is 9.83. The van der Waals surface area contributed by atoms with Crippen LogP contribution in [0.2, 0.25) is 0 Å². The fraction of sp³-hybridized carbons (Fsp3) is 0.0667. The van der Waals surface area contributed by atoms with Gasteiger partial charge in [0.05, 0.1) is 11.0 Å². The van der Waals surface area contributed by atoms with Gasteiger partial charge in [0.2, 0.25) is 0 Å². The van der Waals surface area contributed by atoms with Crippen LogP contribution in [0.25, 0.3) is 105 Å². The predicted molar refractivity (Wildman–Crippen MR) is 262 cm³/mol. The minimum Gasteiger partial charge on any atom is -0.309 e. The van der Waals surface area contributed by atoms with E-state index in [9.17, 15) is 0 Å². The molecule has 1 heteroatoms. The first-order valence-corrected chi connectivity index (χ1v) is 21.5. The topological polar surface area (TPSA) is 4.93 Å². The maximum atomic E-state index is 2.42. The molecule has 1 nitrogen and oxygen atoms in total. The van der Waals surface area contributed by atoms with E-state index in [1.165, 1.54) is 110 Å². The zero-order valence-corrected chi connectivity index (χ0v) is 34.7. The van der Waals surface area contributed by atoms with Crippen LogP contribution in [0.3, 0.4) is 0 Å². The first-order chi connectivity index (χ1) is 30.0. The lowest BCUT2D eigenvalue weighted by Gasteiger charge is -2.19. The van der Waals surface area contributed by atoms with Crippen LogP contribution >= 0.6 is 0 Å². The average Bonchev–Trinajstić information content (AvgIpc) is 3.65. The quantitative estimate of drug-likeness (QED) is 0.142. The molecule has 11 rings (SSSR count). The summed E-state index contributed by atoms with van der Waals surface area (Å²) >= 11 is 0. The van der Waals surface area contributed by atoms with Crippen LogP contribution in [-0.4, -0.2) is 4.57 Å². The van der Waals surface area contributed by atoms with Crippen molar-refractivity contribution in [2.24, 2.45) is 0 Å². The van der Waals surface area contributed by atoms with Crippen molar-refractivity contribution in [1.82, 2.24) is 4.57 Å². The molecule has 0 atom stereocenters. The highest BCUT2D eigenvalue weighted by Crippen LogP contribution is 2.45. The molecule has 0 amide bonds. The Balaban J connectivity index is 1.02. The van der Waals surface area contributed by atoms with Crippen molar-refractivity contribution in [2.45, 2.75) is 26.7 Å². The second-order valence-electron chi connectivity index (χ2n) is 16.7. The third-order valence-corrected chi connectivity index (χ3v) is 12.7. The van der Waals surface area contributed by atoms with Gasteiger partial charge in [-0.05, 0) is 138 Å². The van der Waals surface area contributed by atoms with Gasteiger partial charge in [0.15, 0.2) is 0 Å². The van der Waals surface area contributed by atoms with Crippen LogP contribution < -0.4 is 0 Å². The van der Waals surface area contributed by atoms with Gasteiger partial charge in [-0.15, -0.1) is 0 Å². The second kappa shape index (κ2) is 15.0. The third-order valence-electron chi connectivity index (χ3n) is 12.7. The van der Waals surface area contributed by atoms with Crippen molar-refractivity contribution >= 4 is 43.4 Å². The van der Waals surface area contributed by atoms with Crippen molar-refractivity contribution in [3.8, 4) is 61.3 Å². The summed E-state index contributed by atoms with van der Waals surface area (Å²) in [4.78, 5) is 0. The SMILES string of the molecule is Cc1cc(-c2c3ccccc3c(-c3ccc(-n4c5ccccc5c5cc(-c6cccc(-c7ccccc7)c6)ccc54)cc3)c3ccccc23)ccc1-c1ccccc1C(C)C. The number of benzene rings is 10. The molecule has 11 aromatic rings. The highest BCUT2D eigenvalue weighted by Gasteiger charge is 2.19. The zero-order chi connectivity index (χ0) is 41.0. The zero-order valence-electron chi connectivity index (χ0n) is 34.7. The molecule has 1 aromatic heterocycles. The van der Waals surface area contributed by atoms with Crippen molar-refractivity contribution in [2.75, 3.05) is 0 Å². The molecule has 290 valence electrons. The minimum absolute atomic E-state index is 0.453. The summed E-state index contributed by atoms with van der Waals surface area (Å²) in [5.41, 5.74) is 18.8. The Morgan fingerprint density at radius 1 is 0.328 bits per heavy atom. The van der Waals surface area contributed by atoms with Gasteiger partial charge in [0.25, 0.3) is 0 Å². The highest BCUT2D eigenvalue weighted by atomic mass is 15.0. The summed E-state index contributed by atoms with van der Waals surface area (Å²) in [6.07, 6.45) is 0.